The van der Waals surface area contributed by atoms with Crippen LogP contribution in [0.5, 0.6) is 0 Å². The van der Waals surface area contributed by atoms with Gasteiger partial charge in [-0.15, -0.1) is 0 Å². The van der Waals surface area contributed by atoms with Gasteiger partial charge in [0.05, 0.1) is 10.3 Å². The van der Waals surface area contributed by atoms with Gasteiger partial charge in [-0.25, -0.2) is 8.42 Å². The van der Waals surface area contributed by atoms with Crippen LogP contribution in [-0.4, -0.2) is 8.42 Å². The summed E-state index contributed by atoms with van der Waals surface area (Å²) in [6, 6.07) is 16.3. The Kier molecular flexibility index (Phi) is 4.36. The first kappa shape index (κ1) is 15.3. The van der Waals surface area contributed by atoms with E-state index in [0.29, 0.717) is 12.2 Å². The molecular formula is C17H15BrO3S. The Labute approximate surface area is 138 Å². The molecule has 1 atom stereocenters. The zero-order valence-electron chi connectivity index (χ0n) is 11.8. The molecule has 0 spiro atoms. The number of sulfone groups is 1. The van der Waals surface area contributed by atoms with E-state index in [2.05, 4.69) is 15.9 Å². The van der Waals surface area contributed by atoms with Crippen molar-refractivity contribution in [2.45, 2.75) is 23.8 Å². The third-order valence-corrected chi connectivity index (χ3v) is 5.58. The zero-order chi connectivity index (χ0) is 15.6. The summed E-state index contributed by atoms with van der Waals surface area (Å²) < 4.78 is 31.4. The fourth-order valence-electron chi connectivity index (χ4n) is 2.42. The Morgan fingerprint density at radius 2 is 1.73 bits per heavy atom. The highest BCUT2D eigenvalue weighted by molar-refractivity contribution is 9.10. The van der Waals surface area contributed by atoms with Gasteiger partial charge in [0.2, 0.25) is 9.84 Å². The van der Waals surface area contributed by atoms with Gasteiger partial charge in [-0.3, -0.25) is 0 Å². The van der Waals surface area contributed by atoms with Gasteiger partial charge >= 0.3 is 0 Å². The quantitative estimate of drug-likeness (QED) is 0.782. The molecule has 1 unspecified atom stereocenters. The van der Waals surface area contributed by atoms with Gasteiger partial charge in [0.25, 0.3) is 0 Å². The number of benzene rings is 2. The monoisotopic (exact) mass is 378 g/mol. The predicted octanol–water partition coefficient (Wildman–Crippen LogP) is 4.62. The molecule has 22 heavy (non-hydrogen) atoms. The van der Waals surface area contributed by atoms with Crippen LogP contribution in [0.15, 0.2) is 75.1 Å². The van der Waals surface area contributed by atoms with Gasteiger partial charge in [-0.1, -0.05) is 46.3 Å². The molecule has 0 aliphatic carbocycles. The van der Waals surface area contributed by atoms with Crippen molar-refractivity contribution in [1.29, 1.82) is 0 Å². The number of halogens is 1. The van der Waals surface area contributed by atoms with Crippen molar-refractivity contribution < 1.29 is 13.2 Å². The molecule has 1 fully saturated rings. The van der Waals surface area contributed by atoms with E-state index in [-0.39, 0.29) is 11.0 Å². The van der Waals surface area contributed by atoms with Crippen molar-refractivity contribution >= 4 is 25.8 Å². The van der Waals surface area contributed by atoms with E-state index in [1.165, 1.54) is 5.41 Å². The molecule has 1 aliphatic rings. The Bertz CT molecular complexity index is 780. The summed E-state index contributed by atoms with van der Waals surface area (Å²) in [6.07, 6.45) is 1.34. The van der Waals surface area contributed by atoms with Crippen molar-refractivity contribution in [3.8, 4) is 0 Å². The Morgan fingerprint density at radius 3 is 2.41 bits per heavy atom. The maximum Gasteiger partial charge on any atom is 0.203 e. The molecule has 1 saturated heterocycles. The first-order chi connectivity index (χ1) is 10.5. The van der Waals surface area contributed by atoms with Crippen LogP contribution < -0.4 is 0 Å². The van der Waals surface area contributed by atoms with Gasteiger partial charge in [-0.2, -0.15) is 0 Å². The number of ether oxygens (including phenoxy) is 1. The largest absolute Gasteiger partial charge is 0.489 e. The van der Waals surface area contributed by atoms with Crippen molar-refractivity contribution in [1.82, 2.24) is 0 Å². The topological polar surface area (TPSA) is 43.4 Å². The van der Waals surface area contributed by atoms with Gasteiger partial charge in [0.15, 0.2) is 0 Å². The summed E-state index contributed by atoms with van der Waals surface area (Å²) in [5, 5.41) is 1.25. The molecule has 114 valence electrons. The number of hydrogen-bond donors (Lipinski definition) is 0. The van der Waals surface area contributed by atoms with Crippen molar-refractivity contribution in [2.24, 2.45) is 0 Å². The molecule has 3 rings (SSSR count). The van der Waals surface area contributed by atoms with E-state index in [1.54, 1.807) is 30.3 Å². The van der Waals surface area contributed by atoms with Crippen LogP contribution in [0.1, 0.15) is 24.5 Å². The first-order valence-corrected chi connectivity index (χ1v) is 9.31. The predicted molar refractivity (Wildman–Crippen MR) is 88.9 cm³/mol. The normalized spacial score (nSPS) is 20.0. The summed E-state index contributed by atoms with van der Waals surface area (Å²) in [5.41, 5.74) is 1.06. The number of allylic oxidation sites excluding steroid dienone is 1. The Hall–Kier alpha value is -1.59. The second-order valence-electron chi connectivity index (χ2n) is 5.14. The van der Waals surface area contributed by atoms with Gasteiger partial charge in [-0.05, 0) is 36.2 Å². The second kappa shape index (κ2) is 6.26. The van der Waals surface area contributed by atoms with E-state index < -0.39 is 9.84 Å². The fourth-order valence-corrected chi connectivity index (χ4v) is 3.88. The molecule has 1 heterocycles. The minimum atomic E-state index is -3.45. The summed E-state index contributed by atoms with van der Waals surface area (Å²) in [5.74, 6) is 0.525. The molecule has 0 amide bonds. The third kappa shape index (κ3) is 3.42. The molecule has 2 aromatic rings. The van der Waals surface area contributed by atoms with Crippen LogP contribution in [0, 0.1) is 0 Å². The summed E-state index contributed by atoms with van der Waals surface area (Å²) in [7, 11) is -3.45. The zero-order valence-corrected chi connectivity index (χ0v) is 14.2. The molecule has 0 N–H and O–H groups in total. The number of hydrogen-bond acceptors (Lipinski definition) is 3. The van der Waals surface area contributed by atoms with Crippen LogP contribution in [-0.2, 0) is 14.6 Å². The third-order valence-electron chi connectivity index (χ3n) is 3.55. The van der Waals surface area contributed by atoms with Crippen LogP contribution in [0.2, 0.25) is 0 Å². The van der Waals surface area contributed by atoms with E-state index in [0.717, 1.165) is 16.5 Å². The summed E-state index contributed by atoms with van der Waals surface area (Å²) in [4.78, 5) is 0.290. The molecule has 1 aliphatic heterocycles. The van der Waals surface area contributed by atoms with E-state index in [9.17, 15) is 8.42 Å². The molecule has 3 nitrogen and oxygen atoms in total. The molecule has 5 heteroatoms. The Morgan fingerprint density at radius 1 is 1.05 bits per heavy atom. The Balaban J connectivity index is 1.79. The SMILES string of the molecule is O=S(=O)(/C=C1/CCC(c2ccc(Br)cc2)O1)c1ccccc1. The highest BCUT2D eigenvalue weighted by Crippen LogP contribution is 2.36. The average molecular weight is 379 g/mol. The minimum Gasteiger partial charge on any atom is -0.489 e. The van der Waals surface area contributed by atoms with Crippen LogP contribution in [0.3, 0.4) is 0 Å². The lowest BCUT2D eigenvalue weighted by atomic mass is 10.1. The maximum absolute atomic E-state index is 12.3. The second-order valence-corrected chi connectivity index (χ2v) is 7.85. The smallest absolute Gasteiger partial charge is 0.203 e. The lowest BCUT2D eigenvalue weighted by molar-refractivity contribution is 0.163. The molecule has 0 aromatic heterocycles. The standard InChI is InChI=1S/C17H15BrO3S/c18-14-8-6-13(7-9-14)17-11-10-15(21-17)12-22(19,20)16-4-2-1-3-5-16/h1-9,12,17H,10-11H2/b15-12-. The average Bonchev–Trinajstić information content (AvgIpc) is 2.97. The van der Waals surface area contributed by atoms with Crippen molar-refractivity contribution in [3.05, 3.63) is 75.8 Å². The van der Waals surface area contributed by atoms with Crippen LogP contribution >= 0.6 is 15.9 Å². The molecule has 0 radical (unpaired) electrons. The van der Waals surface area contributed by atoms with E-state index in [1.807, 2.05) is 24.3 Å². The van der Waals surface area contributed by atoms with Gasteiger partial charge in [0.1, 0.15) is 11.9 Å². The lowest BCUT2D eigenvalue weighted by Crippen LogP contribution is -1.99. The maximum atomic E-state index is 12.3. The molecule has 0 bridgehead atoms. The van der Waals surface area contributed by atoms with Gasteiger partial charge < -0.3 is 4.74 Å². The molecule has 0 saturated carbocycles. The highest BCUT2D eigenvalue weighted by Gasteiger charge is 2.24. The molecular weight excluding hydrogens is 364 g/mol. The van der Waals surface area contributed by atoms with E-state index in [4.69, 9.17) is 4.74 Å². The van der Waals surface area contributed by atoms with Gasteiger partial charge in [0, 0.05) is 10.9 Å². The van der Waals surface area contributed by atoms with Crippen LogP contribution in [0.4, 0.5) is 0 Å². The first-order valence-electron chi connectivity index (χ1n) is 6.97. The molecule has 2 aromatic carbocycles. The van der Waals surface area contributed by atoms with Crippen LogP contribution in [0.25, 0.3) is 0 Å². The van der Waals surface area contributed by atoms with Crippen molar-refractivity contribution in [2.75, 3.05) is 0 Å². The van der Waals surface area contributed by atoms with Crippen molar-refractivity contribution in [3.63, 3.8) is 0 Å². The highest BCUT2D eigenvalue weighted by atomic mass is 79.9. The fraction of sp³-hybridized carbons (Fsp3) is 0.176. The minimum absolute atomic E-state index is 0.0784. The number of rotatable bonds is 3. The van der Waals surface area contributed by atoms with E-state index >= 15 is 0 Å². The summed E-state index contributed by atoms with van der Waals surface area (Å²) >= 11 is 3.40. The lowest BCUT2D eigenvalue weighted by Gasteiger charge is -2.11. The summed E-state index contributed by atoms with van der Waals surface area (Å²) in [6.45, 7) is 0.